The Hall–Kier alpha value is -1.88. The normalized spacial score (nSPS) is 11.0. The Morgan fingerprint density at radius 2 is 2.16 bits per heavy atom. The van der Waals surface area contributed by atoms with Gasteiger partial charge in [0.1, 0.15) is 18.7 Å². The molecule has 0 saturated heterocycles. The van der Waals surface area contributed by atoms with Crippen molar-refractivity contribution < 1.29 is 4.74 Å². The predicted octanol–water partition coefficient (Wildman–Crippen LogP) is 2.21. The van der Waals surface area contributed by atoms with E-state index in [4.69, 9.17) is 10.5 Å². The third-order valence-electron chi connectivity index (χ3n) is 3.00. The highest BCUT2D eigenvalue weighted by molar-refractivity contribution is 5.40. The fraction of sp³-hybridized carbons (Fsp3) is 0.429. The summed E-state index contributed by atoms with van der Waals surface area (Å²) in [6.45, 7) is 7.01. The minimum absolute atomic E-state index is 0.270. The lowest BCUT2D eigenvalue weighted by Crippen LogP contribution is -2.12. The summed E-state index contributed by atoms with van der Waals surface area (Å²) in [4.78, 5) is 4.23. The minimum Gasteiger partial charge on any atom is -0.485 e. The maximum absolute atomic E-state index is 5.89. The van der Waals surface area contributed by atoms with E-state index in [1.165, 1.54) is 0 Å². The molecule has 2 N–H and O–H groups in total. The highest BCUT2D eigenvalue weighted by atomic mass is 16.5. The zero-order valence-electron chi connectivity index (χ0n) is 11.6. The number of hydrogen-bond acceptors (Lipinski definition) is 4. The van der Waals surface area contributed by atoms with Gasteiger partial charge in [-0.2, -0.15) is 5.10 Å². The maximum atomic E-state index is 5.89. The molecule has 0 bridgehead atoms. The molecule has 1 aromatic heterocycles. The first-order chi connectivity index (χ1) is 9.13. The molecule has 2 aromatic rings. The summed E-state index contributed by atoms with van der Waals surface area (Å²) in [6.07, 6.45) is 1.56. The van der Waals surface area contributed by atoms with Gasteiger partial charge in [0.05, 0.1) is 0 Å². The summed E-state index contributed by atoms with van der Waals surface area (Å²) in [5.74, 6) is 1.67. The fourth-order valence-electron chi connectivity index (χ4n) is 2.03. The standard InChI is InChI=1S/C14H20N4O/c1-10(2)18-13(16-9-17-18)8-19-14-11(3)5-4-6-12(14)7-15/h4-6,9-10H,7-8,15H2,1-3H3. The van der Waals surface area contributed by atoms with Crippen LogP contribution in [0.3, 0.4) is 0 Å². The van der Waals surface area contributed by atoms with Gasteiger partial charge in [-0.15, -0.1) is 0 Å². The van der Waals surface area contributed by atoms with E-state index in [2.05, 4.69) is 23.9 Å². The number of rotatable bonds is 5. The van der Waals surface area contributed by atoms with Gasteiger partial charge in [-0.1, -0.05) is 18.2 Å². The number of nitrogens with two attached hydrogens (primary N) is 1. The van der Waals surface area contributed by atoms with Crippen LogP contribution >= 0.6 is 0 Å². The van der Waals surface area contributed by atoms with Gasteiger partial charge in [-0.05, 0) is 26.3 Å². The molecule has 0 spiro atoms. The molecular weight excluding hydrogens is 240 g/mol. The second-order valence-corrected chi connectivity index (χ2v) is 4.77. The van der Waals surface area contributed by atoms with Gasteiger partial charge in [-0.25, -0.2) is 9.67 Å². The van der Waals surface area contributed by atoms with Crippen molar-refractivity contribution in [2.75, 3.05) is 0 Å². The first-order valence-electron chi connectivity index (χ1n) is 6.43. The lowest BCUT2D eigenvalue weighted by molar-refractivity contribution is 0.278. The largest absolute Gasteiger partial charge is 0.485 e. The number of para-hydroxylation sites is 1. The molecule has 0 atom stereocenters. The second kappa shape index (κ2) is 5.84. The van der Waals surface area contributed by atoms with Crippen molar-refractivity contribution in [3.63, 3.8) is 0 Å². The predicted molar refractivity (Wildman–Crippen MR) is 73.8 cm³/mol. The van der Waals surface area contributed by atoms with Crippen molar-refractivity contribution >= 4 is 0 Å². The van der Waals surface area contributed by atoms with Crippen molar-refractivity contribution in [1.82, 2.24) is 14.8 Å². The Kier molecular flexibility index (Phi) is 4.16. The average Bonchev–Trinajstić information content (AvgIpc) is 2.85. The first-order valence-corrected chi connectivity index (χ1v) is 6.43. The molecular formula is C14H20N4O. The number of nitrogens with zero attached hydrogens (tertiary/aromatic N) is 3. The molecule has 1 heterocycles. The number of aromatic nitrogens is 3. The molecule has 102 valence electrons. The van der Waals surface area contributed by atoms with E-state index >= 15 is 0 Å². The monoisotopic (exact) mass is 260 g/mol. The molecule has 1 aromatic carbocycles. The zero-order valence-corrected chi connectivity index (χ0v) is 11.6. The molecule has 0 aliphatic carbocycles. The molecule has 19 heavy (non-hydrogen) atoms. The van der Waals surface area contributed by atoms with Gasteiger partial charge in [0.2, 0.25) is 0 Å². The van der Waals surface area contributed by atoms with Gasteiger partial charge in [0.25, 0.3) is 0 Å². The molecule has 5 nitrogen and oxygen atoms in total. The highest BCUT2D eigenvalue weighted by Gasteiger charge is 2.11. The van der Waals surface area contributed by atoms with E-state index in [1.54, 1.807) is 6.33 Å². The number of hydrogen-bond donors (Lipinski definition) is 1. The summed E-state index contributed by atoms with van der Waals surface area (Å²) in [7, 11) is 0. The quantitative estimate of drug-likeness (QED) is 0.895. The SMILES string of the molecule is Cc1cccc(CN)c1OCc1ncnn1C(C)C. The van der Waals surface area contributed by atoms with Gasteiger partial charge in [-0.3, -0.25) is 0 Å². The van der Waals surface area contributed by atoms with Gasteiger partial charge < -0.3 is 10.5 Å². The molecule has 2 rings (SSSR count). The van der Waals surface area contributed by atoms with Crippen molar-refractivity contribution in [3.05, 3.63) is 41.5 Å². The van der Waals surface area contributed by atoms with E-state index in [0.717, 1.165) is 22.7 Å². The summed E-state index contributed by atoms with van der Waals surface area (Å²) in [5.41, 5.74) is 7.83. The Morgan fingerprint density at radius 1 is 1.37 bits per heavy atom. The third kappa shape index (κ3) is 2.93. The Balaban J connectivity index is 2.17. The van der Waals surface area contributed by atoms with E-state index in [9.17, 15) is 0 Å². The Morgan fingerprint density at radius 3 is 2.84 bits per heavy atom. The Bertz CT molecular complexity index is 548. The van der Waals surface area contributed by atoms with Crippen LogP contribution in [-0.4, -0.2) is 14.8 Å². The van der Waals surface area contributed by atoms with Crippen molar-refractivity contribution in [2.24, 2.45) is 5.73 Å². The molecule has 0 unspecified atom stereocenters. The van der Waals surface area contributed by atoms with Crippen molar-refractivity contribution in [3.8, 4) is 5.75 Å². The first kappa shape index (κ1) is 13.5. The molecule has 5 heteroatoms. The zero-order chi connectivity index (χ0) is 13.8. The summed E-state index contributed by atoms with van der Waals surface area (Å²) in [5, 5.41) is 4.19. The minimum atomic E-state index is 0.270. The van der Waals surface area contributed by atoms with Crippen LogP contribution in [0, 0.1) is 6.92 Å². The molecule has 0 radical (unpaired) electrons. The van der Waals surface area contributed by atoms with Crippen molar-refractivity contribution in [2.45, 2.75) is 40.0 Å². The number of benzene rings is 1. The molecule has 0 amide bonds. The average molecular weight is 260 g/mol. The maximum Gasteiger partial charge on any atom is 0.165 e. The third-order valence-corrected chi connectivity index (χ3v) is 3.00. The van der Waals surface area contributed by atoms with E-state index < -0.39 is 0 Å². The highest BCUT2D eigenvalue weighted by Crippen LogP contribution is 2.24. The topological polar surface area (TPSA) is 66.0 Å². The number of aryl methyl sites for hydroxylation is 1. The molecule has 0 aliphatic heterocycles. The molecule has 0 fully saturated rings. The summed E-state index contributed by atoms with van der Waals surface area (Å²) < 4.78 is 7.75. The molecule has 0 saturated carbocycles. The van der Waals surface area contributed by atoms with Crippen LogP contribution < -0.4 is 10.5 Å². The Labute approximate surface area is 113 Å². The lowest BCUT2D eigenvalue weighted by Gasteiger charge is -2.14. The van der Waals surface area contributed by atoms with E-state index in [-0.39, 0.29) is 6.04 Å². The van der Waals surface area contributed by atoms with Gasteiger partial charge in [0, 0.05) is 18.2 Å². The van der Waals surface area contributed by atoms with Crippen molar-refractivity contribution in [1.29, 1.82) is 0 Å². The smallest absolute Gasteiger partial charge is 0.165 e. The van der Waals surface area contributed by atoms with E-state index in [1.807, 2.05) is 29.8 Å². The van der Waals surface area contributed by atoms with Crippen LogP contribution in [0.1, 0.15) is 36.8 Å². The van der Waals surface area contributed by atoms with Crippen LogP contribution in [0.5, 0.6) is 5.75 Å². The van der Waals surface area contributed by atoms with Crippen LogP contribution in [-0.2, 0) is 13.2 Å². The van der Waals surface area contributed by atoms with Crippen LogP contribution in [0.4, 0.5) is 0 Å². The number of ether oxygens (including phenoxy) is 1. The summed E-state index contributed by atoms with van der Waals surface area (Å²) in [6, 6.07) is 6.25. The lowest BCUT2D eigenvalue weighted by atomic mass is 10.1. The van der Waals surface area contributed by atoms with E-state index in [0.29, 0.717) is 13.2 Å². The van der Waals surface area contributed by atoms with Gasteiger partial charge in [0.15, 0.2) is 5.82 Å². The fourth-order valence-corrected chi connectivity index (χ4v) is 2.03. The van der Waals surface area contributed by atoms with Crippen LogP contribution in [0.15, 0.2) is 24.5 Å². The molecule has 0 aliphatic rings. The summed E-state index contributed by atoms with van der Waals surface area (Å²) >= 11 is 0. The second-order valence-electron chi connectivity index (χ2n) is 4.77. The van der Waals surface area contributed by atoms with Crippen LogP contribution in [0.25, 0.3) is 0 Å². The van der Waals surface area contributed by atoms with Crippen LogP contribution in [0.2, 0.25) is 0 Å². The van der Waals surface area contributed by atoms with Gasteiger partial charge >= 0.3 is 0 Å².